The fourth-order valence-corrected chi connectivity index (χ4v) is 3.45. The van der Waals surface area contributed by atoms with Crippen LogP contribution >= 0.6 is 23.2 Å². The third-order valence-corrected chi connectivity index (χ3v) is 5.08. The van der Waals surface area contributed by atoms with Gasteiger partial charge in [-0.05, 0) is 42.8 Å². The highest BCUT2D eigenvalue weighted by Gasteiger charge is 2.19. The molecule has 0 saturated carbocycles. The van der Waals surface area contributed by atoms with Crippen LogP contribution in [0.25, 0.3) is 0 Å². The molecule has 2 aromatic carbocycles. The second-order valence-electron chi connectivity index (χ2n) is 4.23. The van der Waals surface area contributed by atoms with Gasteiger partial charge >= 0.3 is 0 Å². The molecule has 2 rings (SSSR count). The largest absolute Gasteiger partial charge is 0.399 e. The summed E-state index contributed by atoms with van der Waals surface area (Å²) in [5, 5.41) is 0.178. The van der Waals surface area contributed by atoms with Crippen LogP contribution in [-0.4, -0.2) is 8.42 Å². The molecule has 0 aromatic heterocycles. The van der Waals surface area contributed by atoms with Crippen molar-refractivity contribution in [2.75, 3.05) is 10.5 Å². The lowest BCUT2D eigenvalue weighted by Gasteiger charge is -2.11. The van der Waals surface area contributed by atoms with E-state index in [0.29, 0.717) is 11.4 Å². The Labute approximate surface area is 127 Å². The Balaban J connectivity index is 2.41. The molecular weight excluding hydrogens is 319 g/mol. The number of hydrogen-bond donors (Lipinski definition) is 2. The molecule has 0 amide bonds. The van der Waals surface area contributed by atoms with Crippen molar-refractivity contribution < 1.29 is 8.42 Å². The maximum absolute atomic E-state index is 12.3. The maximum Gasteiger partial charge on any atom is 0.263 e. The molecule has 0 radical (unpaired) electrons. The number of anilines is 2. The van der Waals surface area contributed by atoms with Gasteiger partial charge in [0.2, 0.25) is 0 Å². The van der Waals surface area contributed by atoms with Crippen LogP contribution in [-0.2, 0) is 10.0 Å². The molecule has 0 aliphatic carbocycles. The zero-order valence-corrected chi connectivity index (χ0v) is 12.9. The molecule has 0 aliphatic heterocycles. The first-order valence-electron chi connectivity index (χ1n) is 5.64. The zero-order valence-electron chi connectivity index (χ0n) is 10.5. The predicted molar refractivity (Wildman–Crippen MR) is 82.9 cm³/mol. The van der Waals surface area contributed by atoms with Gasteiger partial charge in [-0.3, -0.25) is 4.72 Å². The topological polar surface area (TPSA) is 72.2 Å². The van der Waals surface area contributed by atoms with E-state index in [1.807, 2.05) is 0 Å². The van der Waals surface area contributed by atoms with Crippen LogP contribution in [0, 0.1) is 6.92 Å². The minimum Gasteiger partial charge on any atom is -0.399 e. The van der Waals surface area contributed by atoms with Crippen LogP contribution in [0.15, 0.2) is 41.3 Å². The number of hydrogen-bond acceptors (Lipinski definition) is 3. The predicted octanol–water partition coefficient (Wildman–Crippen LogP) is 3.68. The summed E-state index contributed by atoms with van der Waals surface area (Å²) in [5.41, 5.74) is 7.47. The number of nitrogen functional groups attached to an aromatic ring is 1. The van der Waals surface area contributed by atoms with Gasteiger partial charge in [-0.25, -0.2) is 8.42 Å². The monoisotopic (exact) mass is 330 g/mol. The number of rotatable bonds is 3. The second kappa shape index (κ2) is 5.52. The maximum atomic E-state index is 12.3. The summed E-state index contributed by atoms with van der Waals surface area (Å²) in [5.74, 6) is 0. The van der Waals surface area contributed by atoms with Gasteiger partial charge in [-0.2, -0.15) is 0 Å². The molecule has 0 unspecified atom stereocenters. The molecule has 3 N–H and O–H groups in total. The number of nitrogens with one attached hydrogen (secondary N) is 1. The SMILES string of the molecule is Cc1cc(NS(=O)(=O)c2cccc(Cl)c2Cl)ccc1N. The van der Waals surface area contributed by atoms with Gasteiger partial charge < -0.3 is 5.73 Å². The number of nitrogens with two attached hydrogens (primary N) is 1. The Morgan fingerprint density at radius 1 is 1.15 bits per heavy atom. The van der Waals surface area contributed by atoms with E-state index in [2.05, 4.69) is 4.72 Å². The van der Waals surface area contributed by atoms with Gasteiger partial charge in [0.25, 0.3) is 10.0 Å². The lowest BCUT2D eigenvalue weighted by molar-refractivity contribution is 0.601. The Morgan fingerprint density at radius 2 is 1.85 bits per heavy atom. The number of sulfonamides is 1. The second-order valence-corrected chi connectivity index (χ2v) is 6.66. The van der Waals surface area contributed by atoms with Gasteiger partial charge in [0, 0.05) is 11.4 Å². The molecule has 0 fully saturated rings. The van der Waals surface area contributed by atoms with Crippen molar-refractivity contribution in [3.05, 3.63) is 52.0 Å². The summed E-state index contributed by atoms with van der Waals surface area (Å²) in [7, 11) is -3.80. The van der Waals surface area contributed by atoms with Crippen molar-refractivity contribution in [3.8, 4) is 0 Å². The number of benzene rings is 2. The molecule has 20 heavy (non-hydrogen) atoms. The molecule has 0 heterocycles. The highest BCUT2D eigenvalue weighted by atomic mass is 35.5. The highest BCUT2D eigenvalue weighted by Crippen LogP contribution is 2.30. The standard InChI is InChI=1S/C13H12Cl2N2O2S/c1-8-7-9(5-6-11(8)16)17-20(18,19)12-4-2-3-10(14)13(12)15/h2-7,17H,16H2,1H3. The molecule has 106 valence electrons. The first kappa shape index (κ1) is 15.0. The minimum absolute atomic E-state index is 0.00571. The number of aryl methyl sites for hydroxylation is 1. The van der Waals surface area contributed by atoms with Crippen molar-refractivity contribution in [1.29, 1.82) is 0 Å². The van der Waals surface area contributed by atoms with Crippen LogP contribution in [0.3, 0.4) is 0 Å². The van der Waals surface area contributed by atoms with Gasteiger partial charge in [-0.1, -0.05) is 29.3 Å². The molecule has 0 saturated heterocycles. The minimum atomic E-state index is -3.80. The fraction of sp³-hybridized carbons (Fsp3) is 0.0769. The summed E-state index contributed by atoms with van der Waals surface area (Å²) in [6.45, 7) is 1.79. The first-order valence-corrected chi connectivity index (χ1v) is 7.88. The zero-order chi connectivity index (χ0) is 14.9. The van der Waals surface area contributed by atoms with Crippen LogP contribution in [0.1, 0.15) is 5.56 Å². The van der Waals surface area contributed by atoms with Crippen molar-refractivity contribution in [2.45, 2.75) is 11.8 Å². The van der Waals surface area contributed by atoms with E-state index in [4.69, 9.17) is 28.9 Å². The van der Waals surface area contributed by atoms with E-state index in [0.717, 1.165) is 5.56 Å². The summed E-state index contributed by atoms with van der Waals surface area (Å²) in [6.07, 6.45) is 0. The van der Waals surface area contributed by atoms with E-state index in [1.54, 1.807) is 25.1 Å². The molecule has 0 spiro atoms. The smallest absolute Gasteiger partial charge is 0.263 e. The third-order valence-electron chi connectivity index (χ3n) is 2.73. The van der Waals surface area contributed by atoms with E-state index in [9.17, 15) is 8.42 Å². The van der Waals surface area contributed by atoms with Crippen LogP contribution in [0.4, 0.5) is 11.4 Å². The van der Waals surface area contributed by atoms with E-state index in [1.165, 1.54) is 18.2 Å². The quantitative estimate of drug-likeness (QED) is 0.843. The van der Waals surface area contributed by atoms with Gasteiger partial charge in [0.05, 0.1) is 10.0 Å². The van der Waals surface area contributed by atoms with Gasteiger partial charge in [-0.15, -0.1) is 0 Å². The van der Waals surface area contributed by atoms with E-state index >= 15 is 0 Å². The summed E-state index contributed by atoms with van der Waals surface area (Å²) in [6, 6.07) is 9.30. The lowest BCUT2D eigenvalue weighted by Crippen LogP contribution is -2.13. The van der Waals surface area contributed by atoms with Crippen LogP contribution in [0.5, 0.6) is 0 Å². The van der Waals surface area contributed by atoms with Crippen LogP contribution in [0.2, 0.25) is 10.0 Å². The number of halogens is 2. The molecule has 7 heteroatoms. The normalized spacial score (nSPS) is 11.3. The third kappa shape index (κ3) is 3.00. The molecule has 0 aliphatic rings. The Hall–Kier alpha value is -1.43. The van der Waals surface area contributed by atoms with Crippen molar-refractivity contribution in [3.63, 3.8) is 0 Å². The van der Waals surface area contributed by atoms with Crippen LogP contribution < -0.4 is 10.5 Å². The highest BCUT2D eigenvalue weighted by molar-refractivity contribution is 7.92. The van der Waals surface area contributed by atoms with E-state index in [-0.39, 0.29) is 14.9 Å². The average Bonchev–Trinajstić information content (AvgIpc) is 2.36. The van der Waals surface area contributed by atoms with Gasteiger partial charge in [0.15, 0.2) is 0 Å². The lowest BCUT2D eigenvalue weighted by atomic mass is 10.2. The van der Waals surface area contributed by atoms with Gasteiger partial charge in [0.1, 0.15) is 4.90 Å². The Bertz CT molecular complexity index is 761. The molecule has 0 atom stereocenters. The van der Waals surface area contributed by atoms with Crippen molar-refractivity contribution in [1.82, 2.24) is 0 Å². The average molecular weight is 331 g/mol. The fourth-order valence-electron chi connectivity index (χ4n) is 1.64. The van der Waals surface area contributed by atoms with E-state index < -0.39 is 10.0 Å². The summed E-state index contributed by atoms with van der Waals surface area (Å²) >= 11 is 11.8. The Morgan fingerprint density at radius 3 is 2.50 bits per heavy atom. The molecule has 2 aromatic rings. The summed E-state index contributed by atoms with van der Waals surface area (Å²) in [4.78, 5) is -0.0684. The van der Waals surface area contributed by atoms with Crippen molar-refractivity contribution in [2.24, 2.45) is 0 Å². The first-order chi connectivity index (χ1) is 9.31. The molecule has 0 bridgehead atoms. The molecular formula is C13H12Cl2N2O2S. The summed E-state index contributed by atoms with van der Waals surface area (Å²) < 4.78 is 27.0. The van der Waals surface area contributed by atoms with Crippen molar-refractivity contribution >= 4 is 44.6 Å². The Kier molecular flexibility index (Phi) is 4.13. The molecule has 4 nitrogen and oxygen atoms in total.